The molecule has 3 rings (SSSR count). The molecule has 1 aromatic rings. The predicted molar refractivity (Wildman–Crippen MR) is 87.7 cm³/mol. The molecule has 1 aromatic carbocycles. The normalized spacial score (nSPS) is 19.2. The van der Waals surface area contributed by atoms with Crippen molar-refractivity contribution in [2.24, 2.45) is 0 Å². The van der Waals surface area contributed by atoms with Crippen LogP contribution in [0.25, 0.3) is 0 Å². The van der Waals surface area contributed by atoms with Gasteiger partial charge < -0.3 is 10.2 Å². The maximum absolute atomic E-state index is 12.4. The number of carbonyl (C=O) groups is 3. The van der Waals surface area contributed by atoms with E-state index >= 15 is 0 Å². The van der Waals surface area contributed by atoms with Gasteiger partial charge in [0.2, 0.25) is 11.8 Å². The van der Waals surface area contributed by atoms with E-state index in [1.54, 1.807) is 0 Å². The van der Waals surface area contributed by atoms with E-state index in [0.29, 0.717) is 32.4 Å². The fourth-order valence-electron chi connectivity index (χ4n) is 3.07. The quantitative estimate of drug-likeness (QED) is 0.809. The molecule has 0 bridgehead atoms. The van der Waals surface area contributed by atoms with Crippen molar-refractivity contribution < 1.29 is 14.4 Å². The number of rotatable bonds is 3. The van der Waals surface area contributed by atoms with Crippen molar-refractivity contribution in [3.63, 3.8) is 0 Å². The number of nitrogens with zero attached hydrogens (tertiary/aromatic N) is 2. The molecule has 2 fully saturated rings. The molecule has 0 atom stereocenters. The number of halogens is 1. The number of imide groups is 1. The van der Waals surface area contributed by atoms with Gasteiger partial charge in [0.1, 0.15) is 0 Å². The number of amides is 4. The molecule has 0 spiro atoms. The first-order valence-corrected chi connectivity index (χ1v) is 8.46. The summed E-state index contributed by atoms with van der Waals surface area (Å²) in [6, 6.07) is 7.30. The molecule has 4 amide bonds. The molecule has 7 heteroatoms. The van der Waals surface area contributed by atoms with Gasteiger partial charge in [0.25, 0.3) is 0 Å². The summed E-state index contributed by atoms with van der Waals surface area (Å²) < 4.78 is 0.989. The zero-order valence-electron chi connectivity index (χ0n) is 12.6. The second-order valence-electron chi connectivity index (χ2n) is 5.84. The highest BCUT2D eigenvalue weighted by molar-refractivity contribution is 9.10. The molecule has 6 nitrogen and oxygen atoms in total. The highest BCUT2D eigenvalue weighted by Gasteiger charge is 2.37. The van der Waals surface area contributed by atoms with Crippen molar-refractivity contribution in [3.05, 3.63) is 34.3 Å². The first-order valence-electron chi connectivity index (χ1n) is 7.66. The third-order valence-electron chi connectivity index (χ3n) is 4.33. The number of hydrogen-bond acceptors (Lipinski definition) is 3. The summed E-state index contributed by atoms with van der Waals surface area (Å²) in [7, 11) is 0. The summed E-state index contributed by atoms with van der Waals surface area (Å²) in [6.45, 7) is 1.25. The minimum Gasteiger partial charge on any atom is -0.342 e. The topological polar surface area (TPSA) is 69.7 Å². The van der Waals surface area contributed by atoms with Crippen LogP contribution in [0.2, 0.25) is 0 Å². The average molecular weight is 380 g/mol. The van der Waals surface area contributed by atoms with Crippen LogP contribution >= 0.6 is 15.9 Å². The van der Waals surface area contributed by atoms with Crippen molar-refractivity contribution in [2.75, 3.05) is 19.6 Å². The molecule has 0 aliphatic carbocycles. The van der Waals surface area contributed by atoms with Crippen molar-refractivity contribution in [1.29, 1.82) is 0 Å². The molecule has 122 valence electrons. The molecule has 2 aliphatic rings. The van der Waals surface area contributed by atoms with Crippen LogP contribution in [0.5, 0.6) is 0 Å². The summed E-state index contributed by atoms with van der Waals surface area (Å²) in [4.78, 5) is 38.9. The standard InChI is InChI=1S/C16H18BrN3O3/c17-12-3-1-11(2-4-12)9-14(21)19-7-5-13(6-8-19)20-15(22)10-18-16(20)23/h1-4,13H,5-10H2,(H,18,23). The molecular formula is C16H18BrN3O3. The van der Waals surface area contributed by atoms with Crippen LogP contribution in [0.1, 0.15) is 18.4 Å². The SMILES string of the molecule is O=C(Cc1ccc(Br)cc1)N1CCC(N2C(=O)CNC2=O)CC1. The Balaban J connectivity index is 1.54. The third-order valence-corrected chi connectivity index (χ3v) is 4.86. The van der Waals surface area contributed by atoms with Gasteiger partial charge in [-0.15, -0.1) is 0 Å². The smallest absolute Gasteiger partial charge is 0.324 e. The molecule has 1 N–H and O–H groups in total. The highest BCUT2D eigenvalue weighted by Crippen LogP contribution is 2.20. The van der Waals surface area contributed by atoms with Gasteiger partial charge in [-0.2, -0.15) is 0 Å². The molecule has 0 saturated carbocycles. The number of benzene rings is 1. The van der Waals surface area contributed by atoms with Crippen molar-refractivity contribution in [2.45, 2.75) is 25.3 Å². The maximum atomic E-state index is 12.4. The number of carbonyl (C=O) groups excluding carboxylic acids is 3. The number of likely N-dealkylation sites (tertiary alicyclic amines) is 1. The minimum atomic E-state index is -0.311. The van der Waals surface area contributed by atoms with Crippen LogP contribution in [-0.2, 0) is 16.0 Å². The van der Waals surface area contributed by atoms with Gasteiger partial charge in [-0.25, -0.2) is 4.79 Å². The Hall–Kier alpha value is -1.89. The van der Waals surface area contributed by atoms with Gasteiger partial charge in [-0.3, -0.25) is 14.5 Å². The van der Waals surface area contributed by atoms with Crippen LogP contribution in [0, 0.1) is 0 Å². The van der Waals surface area contributed by atoms with Gasteiger partial charge in [0.15, 0.2) is 0 Å². The molecule has 23 heavy (non-hydrogen) atoms. The second kappa shape index (κ2) is 6.70. The Morgan fingerprint density at radius 2 is 1.83 bits per heavy atom. The van der Waals surface area contributed by atoms with E-state index in [1.165, 1.54) is 4.90 Å². The van der Waals surface area contributed by atoms with E-state index < -0.39 is 0 Å². The van der Waals surface area contributed by atoms with Crippen molar-refractivity contribution in [1.82, 2.24) is 15.1 Å². The van der Waals surface area contributed by atoms with E-state index in [0.717, 1.165) is 10.0 Å². The maximum Gasteiger partial charge on any atom is 0.324 e. The zero-order valence-corrected chi connectivity index (χ0v) is 14.2. The lowest BCUT2D eigenvalue weighted by atomic mass is 10.0. The Morgan fingerprint density at radius 1 is 1.17 bits per heavy atom. The molecule has 2 saturated heterocycles. The van der Waals surface area contributed by atoms with E-state index in [-0.39, 0.29) is 30.4 Å². The van der Waals surface area contributed by atoms with E-state index in [1.807, 2.05) is 29.2 Å². The van der Waals surface area contributed by atoms with Crippen molar-refractivity contribution in [3.8, 4) is 0 Å². The summed E-state index contributed by atoms with van der Waals surface area (Å²) in [5, 5.41) is 2.54. The lowest BCUT2D eigenvalue weighted by Crippen LogP contribution is -2.49. The fourth-order valence-corrected chi connectivity index (χ4v) is 3.33. The predicted octanol–water partition coefficient (Wildman–Crippen LogP) is 1.53. The number of nitrogens with one attached hydrogen (secondary N) is 1. The number of urea groups is 1. The lowest BCUT2D eigenvalue weighted by molar-refractivity contribution is -0.132. The molecular weight excluding hydrogens is 362 g/mol. The van der Waals surface area contributed by atoms with Crippen LogP contribution in [0.3, 0.4) is 0 Å². The Labute approximate surface area is 142 Å². The average Bonchev–Trinajstić information content (AvgIpc) is 2.88. The summed E-state index contributed by atoms with van der Waals surface area (Å²) in [5.74, 6) is -0.0855. The summed E-state index contributed by atoms with van der Waals surface area (Å²) in [6.07, 6.45) is 1.66. The van der Waals surface area contributed by atoms with Gasteiger partial charge in [-0.05, 0) is 30.5 Å². The minimum absolute atomic E-state index is 0.0849. The first kappa shape index (κ1) is 16.0. The van der Waals surface area contributed by atoms with Crippen LogP contribution in [0.15, 0.2) is 28.7 Å². The van der Waals surface area contributed by atoms with E-state index in [4.69, 9.17) is 0 Å². The van der Waals surface area contributed by atoms with Crippen LogP contribution < -0.4 is 5.32 Å². The Bertz CT molecular complexity index is 608. The van der Waals surface area contributed by atoms with Crippen molar-refractivity contribution >= 4 is 33.8 Å². The van der Waals surface area contributed by atoms with Crippen LogP contribution in [0.4, 0.5) is 4.79 Å². The molecule has 0 unspecified atom stereocenters. The van der Waals surface area contributed by atoms with Crippen LogP contribution in [-0.4, -0.2) is 53.3 Å². The largest absolute Gasteiger partial charge is 0.342 e. The van der Waals surface area contributed by atoms with Gasteiger partial charge in [-0.1, -0.05) is 28.1 Å². The number of piperidine rings is 1. The molecule has 0 aromatic heterocycles. The lowest BCUT2D eigenvalue weighted by Gasteiger charge is -2.35. The molecule has 0 radical (unpaired) electrons. The Morgan fingerprint density at radius 3 is 2.39 bits per heavy atom. The van der Waals surface area contributed by atoms with Gasteiger partial charge >= 0.3 is 6.03 Å². The third kappa shape index (κ3) is 3.55. The molecule has 2 heterocycles. The fraction of sp³-hybridized carbons (Fsp3) is 0.438. The van der Waals surface area contributed by atoms with Gasteiger partial charge in [0, 0.05) is 23.6 Å². The molecule has 2 aliphatic heterocycles. The van der Waals surface area contributed by atoms with E-state index in [9.17, 15) is 14.4 Å². The monoisotopic (exact) mass is 379 g/mol. The van der Waals surface area contributed by atoms with E-state index in [2.05, 4.69) is 21.2 Å². The second-order valence-corrected chi connectivity index (χ2v) is 6.75. The number of hydrogen-bond donors (Lipinski definition) is 1. The highest BCUT2D eigenvalue weighted by atomic mass is 79.9. The zero-order chi connectivity index (χ0) is 16.4. The van der Waals surface area contributed by atoms with Gasteiger partial charge in [0.05, 0.1) is 13.0 Å². The first-order chi connectivity index (χ1) is 11.0. The summed E-state index contributed by atoms with van der Waals surface area (Å²) in [5.41, 5.74) is 0.981. The summed E-state index contributed by atoms with van der Waals surface area (Å²) >= 11 is 3.38. The Kier molecular flexibility index (Phi) is 4.66.